The molecule has 1 aromatic carbocycles. The summed E-state index contributed by atoms with van der Waals surface area (Å²) in [5.74, 6) is -0.279. The minimum atomic E-state index is -0.722. The van der Waals surface area contributed by atoms with Gasteiger partial charge >= 0.3 is 5.97 Å². The molecule has 1 aromatic rings. The van der Waals surface area contributed by atoms with Crippen molar-refractivity contribution in [2.45, 2.75) is 44.6 Å². The summed E-state index contributed by atoms with van der Waals surface area (Å²) in [7, 11) is 0. The van der Waals surface area contributed by atoms with Crippen LogP contribution >= 0.6 is 15.9 Å². The van der Waals surface area contributed by atoms with Crippen LogP contribution in [-0.4, -0.2) is 49.2 Å². The molecule has 7 heteroatoms. The van der Waals surface area contributed by atoms with Crippen molar-refractivity contribution >= 4 is 33.5 Å². The van der Waals surface area contributed by atoms with Crippen molar-refractivity contribution in [3.63, 3.8) is 0 Å². The summed E-state index contributed by atoms with van der Waals surface area (Å²) in [5, 5.41) is 15.3. The first-order valence-corrected chi connectivity index (χ1v) is 10.6. The number of nitrogens with one attached hydrogen (secondary N) is 2. The smallest absolute Gasteiger partial charge is 0.303 e. The Labute approximate surface area is 168 Å². The Bertz CT molecular complexity index is 668. The highest BCUT2D eigenvalue weighted by atomic mass is 79.9. The van der Waals surface area contributed by atoms with Gasteiger partial charge in [0.05, 0.1) is 5.69 Å². The van der Waals surface area contributed by atoms with Gasteiger partial charge in [0.15, 0.2) is 0 Å². The number of hydrogen-bond donors (Lipinski definition) is 3. The Hall–Kier alpha value is -1.60. The van der Waals surface area contributed by atoms with Gasteiger partial charge in [0.1, 0.15) is 0 Å². The molecule has 1 amide bonds. The maximum absolute atomic E-state index is 12.6. The molecule has 1 aliphatic carbocycles. The predicted molar refractivity (Wildman–Crippen MR) is 109 cm³/mol. The number of nitrogens with zero attached hydrogens (tertiary/aromatic N) is 1. The van der Waals surface area contributed by atoms with Gasteiger partial charge in [-0.2, -0.15) is 0 Å². The topological polar surface area (TPSA) is 81.7 Å². The van der Waals surface area contributed by atoms with Crippen LogP contribution in [0.2, 0.25) is 0 Å². The largest absolute Gasteiger partial charge is 0.481 e. The molecule has 2 aliphatic rings. The first kappa shape index (κ1) is 20.1. The number of hydrogen-bond acceptors (Lipinski definition) is 4. The Morgan fingerprint density at radius 3 is 2.52 bits per heavy atom. The van der Waals surface area contributed by atoms with Gasteiger partial charge < -0.3 is 20.6 Å². The van der Waals surface area contributed by atoms with Crippen LogP contribution in [0.15, 0.2) is 22.7 Å². The van der Waals surface area contributed by atoms with Crippen molar-refractivity contribution in [2.24, 2.45) is 5.92 Å². The van der Waals surface area contributed by atoms with Gasteiger partial charge in [0, 0.05) is 48.7 Å². The zero-order valence-corrected chi connectivity index (χ0v) is 17.1. The van der Waals surface area contributed by atoms with Crippen LogP contribution in [0.1, 0.15) is 48.9 Å². The van der Waals surface area contributed by atoms with Crippen LogP contribution in [0.4, 0.5) is 5.69 Å². The average molecular weight is 438 g/mol. The van der Waals surface area contributed by atoms with E-state index in [9.17, 15) is 9.59 Å². The van der Waals surface area contributed by atoms with Crippen LogP contribution in [0, 0.1) is 5.92 Å². The van der Waals surface area contributed by atoms with Crippen molar-refractivity contribution in [1.82, 2.24) is 10.6 Å². The van der Waals surface area contributed by atoms with Crippen molar-refractivity contribution in [3.05, 3.63) is 28.2 Å². The lowest BCUT2D eigenvalue weighted by Crippen LogP contribution is -2.43. The van der Waals surface area contributed by atoms with Gasteiger partial charge in [-0.05, 0) is 72.2 Å². The molecule has 27 heavy (non-hydrogen) atoms. The number of carboxylic acid groups (broad SMARTS) is 1. The van der Waals surface area contributed by atoms with Crippen LogP contribution in [0.5, 0.6) is 0 Å². The summed E-state index contributed by atoms with van der Waals surface area (Å²) in [6.45, 7) is 3.89. The van der Waals surface area contributed by atoms with Crippen LogP contribution in [-0.2, 0) is 4.79 Å². The number of carboxylic acids is 1. The van der Waals surface area contributed by atoms with E-state index in [2.05, 4.69) is 31.5 Å². The quantitative estimate of drug-likeness (QED) is 0.636. The molecule has 1 saturated heterocycles. The van der Waals surface area contributed by atoms with Crippen LogP contribution in [0.25, 0.3) is 0 Å². The van der Waals surface area contributed by atoms with Gasteiger partial charge in [-0.3, -0.25) is 9.59 Å². The van der Waals surface area contributed by atoms with Crippen LogP contribution < -0.4 is 15.5 Å². The number of benzene rings is 1. The molecule has 6 nitrogen and oxygen atoms in total. The SMILES string of the molecule is O=C(O)CCC1CCC(NC(=O)c2ccc(N3CCNCC3)c(Br)c2)CC1. The first-order valence-electron chi connectivity index (χ1n) is 9.81. The average Bonchev–Trinajstić information content (AvgIpc) is 2.68. The molecule has 0 bridgehead atoms. The Balaban J connectivity index is 1.51. The van der Waals surface area contributed by atoms with Crippen molar-refractivity contribution in [2.75, 3.05) is 31.1 Å². The number of anilines is 1. The molecule has 3 N–H and O–H groups in total. The fraction of sp³-hybridized carbons (Fsp3) is 0.600. The summed E-state index contributed by atoms with van der Waals surface area (Å²) in [5.41, 5.74) is 1.81. The van der Waals surface area contributed by atoms with Crippen LogP contribution in [0.3, 0.4) is 0 Å². The number of halogens is 1. The maximum Gasteiger partial charge on any atom is 0.303 e. The molecular formula is C20H28BrN3O3. The summed E-state index contributed by atoms with van der Waals surface area (Å²) < 4.78 is 0.953. The molecule has 0 spiro atoms. The highest BCUT2D eigenvalue weighted by molar-refractivity contribution is 9.10. The molecule has 1 aliphatic heterocycles. The molecule has 1 saturated carbocycles. The Morgan fingerprint density at radius 1 is 1.19 bits per heavy atom. The van der Waals surface area contributed by atoms with E-state index in [-0.39, 0.29) is 18.4 Å². The van der Waals surface area contributed by atoms with Gasteiger partial charge in [0.2, 0.25) is 0 Å². The van der Waals surface area contributed by atoms with Crippen molar-refractivity contribution in [1.29, 1.82) is 0 Å². The van der Waals surface area contributed by atoms with E-state index in [1.54, 1.807) is 0 Å². The summed E-state index contributed by atoms with van der Waals surface area (Å²) in [6, 6.07) is 6.01. The molecule has 2 fully saturated rings. The second-order valence-corrected chi connectivity index (χ2v) is 8.38. The minimum Gasteiger partial charge on any atom is -0.481 e. The first-order chi connectivity index (χ1) is 13.0. The fourth-order valence-electron chi connectivity index (χ4n) is 4.00. The van der Waals surface area contributed by atoms with Gasteiger partial charge in [-0.1, -0.05) is 0 Å². The molecule has 148 valence electrons. The highest BCUT2D eigenvalue weighted by Gasteiger charge is 2.23. The summed E-state index contributed by atoms with van der Waals surface area (Å²) in [4.78, 5) is 25.6. The maximum atomic E-state index is 12.6. The molecule has 0 aromatic heterocycles. The third-order valence-corrected chi connectivity index (χ3v) is 6.25. The fourth-order valence-corrected chi connectivity index (χ4v) is 4.63. The molecule has 1 heterocycles. The predicted octanol–water partition coefficient (Wildman–Crippen LogP) is 3.01. The highest BCUT2D eigenvalue weighted by Crippen LogP contribution is 2.29. The second-order valence-electron chi connectivity index (χ2n) is 7.53. The number of carbonyl (C=O) groups is 2. The van der Waals surface area contributed by atoms with Gasteiger partial charge in [-0.25, -0.2) is 0 Å². The standard InChI is InChI=1S/C20H28BrN3O3/c21-17-13-15(4-7-18(17)24-11-9-22-10-12-24)20(27)23-16-5-1-14(2-6-16)3-8-19(25)26/h4,7,13-14,16,22H,1-3,5-6,8-12H2,(H,23,27)(H,25,26). The zero-order chi connectivity index (χ0) is 19.2. The minimum absolute atomic E-state index is 0.0310. The molecule has 3 rings (SSSR count). The van der Waals surface area contributed by atoms with E-state index < -0.39 is 5.97 Å². The van der Waals surface area contributed by atoms with E-state index in [0.717, 1.165) is 68.4 Å². The van der Waals surface area contributed by atoms with Crippen molar-refractivity contribution < 1.29 is 14.7 Å². The number of piperazine rings is 1. The van der Waals surface area contributed by atoms with E-state index in [0.29, 0.717) is 11.5 Å². The Morgan fingerprint density at radius 2 is 1.89 bits per heavy atom. The Kier molecular flexibility index (Phi) is 7.13. The lowest BCUT2D eigenvalue weighted by atomic mass is 9.83. The molecule has 0 radical (unpaired) electrons. The molecule has 0 unspecified atom stereocenters. The number of rotatable bonds is 6. The normalized spacial score (nSPS) is 23.1. The number of amides is 1. The van der Waals surface area contributed by atoms with Gasteiger partial charge in [0.25, 0.3) is 5.91 Å². The summed E-state index contributed by atoms with van der Waals surface area (Å²) >= 11 is 3.62. The third-order valence-electron chi connectivity index (χ3n) is 5.62. The molecular weight excluding hydrogens is 410 g/mol. The monoisotopic (exact) mass is 437 g/mol. The molecule has 0 atom stereocenters. The number of carbonyl (C=O) groups excluding carboxylic acids is 1. The third kappa shape index (κ3) is 5.69. The van der Waals surface area contributed by atoms with E-state index in [1.165, 1.54) is 0 Å². The lowest BCUT2D eigenvalue weighted by molar-refractivity contribution is -0.137. The second kappa shape index (κ2) is 9.55. The van der Waals surface area contributed by atoms with E-state index in [1.807, 2.05) is 18.2 Å². The summed E-state index contributed by atoms with van der Waals surface area (Å²) in [6.07, 6.45) is 4.82. The zero-order valence-electron chi connectivity index (χ0n) is 15.5. The lowest BCUT2D eigenvalue weighted by Gasteiger charge is -2.30. The van der Waals surface area contributed by atoms with Gasteiger partial charge in [-0.15, -0.1) is 0 Å². The van der Waals surface area contributed by atoms with E-state index in [4.69, 9.17) is 5.11 Å². The van der Waals surface area contributed by atoms with Crippen molar-refractivity contribution in [3.8, 4) is 0 Å². The number of aliphatic carboxylic acids is 1. The van der Waals surface area contributed by atoms with E-state index >= 15 is 0 Å².